The third kappa shape index (κ3) is 5.74. The third-order valence-electron chi connectivity index (χ3n) is 5.42. The number of nitrogens with zero attached hydrogens (tertiary/aromatic N) is 3. The van der Waals surface area contributed by atoms with E-state index in [1.54, 1.807) is 6.07 Å². The molecule has 0 spiro atoms. The number of nitrogens with one attached hydrogen (secondary N) is 1. The molecule has 1 fully saturated rings. The quantitative estimate of drug-likeness (QED) is 0.512. The second-order valence-electron chi connectivity index (χ2n) is 7.72. The van der Waals surface area contributed by atoms with E-state index in [9.17, 15) is 13.2 Å². The summed E-state index contributed by atoms with van der Waals surface area (Å²) < 4.78 is 32.5. The second-order valence-corrected chi connectivity index (χ2v) is 9.65. The Morgan fingerprint density at radius 2 is 1.64 bits per heavy atom. The van der Waals surface area contributed by atoms with Gasteiger partial charge in [-0.2, -0.15) is 4.31 Å². The Labute approximate surface area is 193 Å². The van der Waals surface area contributed by atoms with Crippen LogP contribution in [0.2, 0.25) is 0 Å². The predicted molar refractivity (Wildman–Crippen MR) is 124 cm³/mol. The Morgan fingerprint density at radius 3 is 2.30 bits per heavy atom. The summed E-state index contributed by atoms with van der Waals surface area (Å²) in [7, 11) is -3.51. The van der Waals surface area contributed by atoms with E-state index in [0.717, 1.165) is 30.5 Å². The molecule has 2 heterocycles. The van der Waals surface area contributed by atoms with Crippen molar-refractivity contribution in [2.45, 2.75) is 24.2 Å². The van der Waals surface area contributed by atoms with E-state index >= 15 is 0 Å². The highest BCUT2D eigenvalue weighted by molar-refractivity contribution is 7.89. The molecule has 1 aliphatic rings. The number of hydrogen-bond acceptors (Lipinski definition) is 6. The number of sulfonamides is 1. The Balaban J connectivity index is 1.25. The SMILES string of the molecule is O=C(NCCOc1ccc(-c2ccccc2)nn1)c1ccc(S(=O)(=O)N2CCCCC2)cc1. The summed E-state index contributed by atoms with van der Waals surface area (Å²) in [6.07, 6.45) is 2.81. The Kier molecular flexibility index (Phi) is 7.31. The fraction of sp³-hybridized carbons (Fsp3) is 0.292. The molecule has 1 saturated heterocycles. The van der Waals surface area contributed by atoms with Crippen LogP contribution in [0.4, 0.5) is 0 Å². The molecule has 1 aliphatic heterocycles. The first kappa shape index (κ1) is 22.9. The summed E-state index contributed by atoms with van der Waals surface area (Å²) in [6, 6.07) is 19.3. The van der Waals surface area contributed by atoms with Crippen LogP contribution in [-0.2, 0) is 10.0 Å². The summed E-state index contributed by atoms with van der Waals surface area (Å²) in [4.78, 5) is 12.6. The number of aromatic nitrogens is 2. The zero-order valence-corrected chi connectivity index (χ0v) is 19.0. The van der Waals surface area contributed by atoms with Crippen molar-refractivity contribution in [3.63, 3.8) is 0 Å². The summed E-state index contributed by atoms with van der Waals surface area (Å²) in [5, 5.41) is 11.0. The van der Waals surface area contributed by atoms with Crippen molar-refractivity contribution < 1.29 is 17.9 Å². The van der Waals surface area contributed by atoms with Gasteiger partial charge in [-0.3, -0.25) is 4.79 Å². The molecular formula is C24H26N4O4S. The first-order valence-electron chi connectivity index (χ1n) is 10.9. The standard InChI is InChI=1S/C24H26N4O4S/c29-24(20-9-11-21(12-10-20)33(30,31)28-16-5-2-6-17-28)25-15-18-32-23-14-13-22(26-27-23)19-7-3-1-4-8-19/h1,3-4,7-14H,2,5-6,15-18H2,(H,25,29). The van der Waals surface area contributed by atoms with Crippen molar-refractivity contribution in [3.8, 4) is 17.1 Å². The molecule has 0 saturated carbocycles. The van der Waals surface area contributed by atoms with Gasteiger partial charge in [0.2, 0.25) is 15.9 Å². The fourth-order valence-electron chi connectivity index (χ4n) is 3.61. The van der Waals surface area contributed by atoms with Gasteiger partial charge in [0.05, 0.1) is 17.1 Å². The van der Waals surface area contributed by atoms with E-state index < -0.39 is 10.0 Å². The molecule has 0 unspecified atom stereocenters. The molecule has 3 aromatic rings. The topological polar surface area (TPSA) is 101 Å². The van der Waals surface area contributed by atoms with Crippen LogP contribution >= 0.6 is 0 Å². The molecule has 4 rings (SSSR count). The van der Waals surface area contributed by atoms with Crippen LogP contribution in [0.25, 0.3) is 11.3 Å². The van der Waals surface area contributed by atoms with E-state index in [1.165, 1.54) is 28.6 Å². The van der Waals surface area contributed by atoms with E-state index in [-0.39, 0.29) is 24.0 Å². The lowest BCUT2D eigenvalue weighted by molar-refractivity contribution is 0.0946. The maximum Gasteiger partial charge on any atom is 0.251 e. The number of hydrogen-bond donors (Lipinski definition) is 1. The highest BCUT2D eigenvalue weighted by atomic mass is 32.2. The van der Waals surface area contributed by atoms with Crippen LogP contribution in [0.1, 0.15) is 29.6 Å². The van der Waals surface area contributed by atoms with E-state index in [2.05, 4.69) is 15.5 Å². The molecule has 172 valence electrons. The first-order chi connectivity index (χ1) is 16.0. The van der Waals surface area contributed by atoms with Gasteiger partial charge in [-0.05, 0) is 43.2 Å². The minimum Gasteiger partial charge on any atom is -0.475 e. The Morgan fingerprint density at radius 1 is 0.909 bits per heavy atom. The molecule has 2 aromatic carbocycles. The lowest BCUT2D eigenvalue weighted by Crippen LogP contribution is -2.35. The van der Waals surface area contributed by atoms with Gasteiger partial charge in [-0.15, -0.1) is 10.2 Å². The summed E-state index contributed by atoms with van der Waals surface area (Å²) >= 11 is 0. The van der Waals surface area contributed by atoms with E-state index in [0.29, 0.717) is 24.5 Å². The highest BCUT2D eigenvalue weighted by Gasteiger charge is 2.25. The van der Waals surface area contributed by atoms with Gasteiger partial charge < -0.3 is 10.1 Å². The third-order valence-corrected chi connectivity index (χ3v) is 7.33. The Bertz CT molecular complexity index is 1160. The van der Waals surface area contributed by atoms with E-state index in [4.69, 9.17) is 4.74 Å². The summed E-state index contributed by atoms with van der Waals surface area (Å²) in [5.74, 6) is 0.0715. The van der Waals surface area contributed by atoms with Crippen LogP contribution in [-0.4, -0.2) is 55.1 Å². The normalized spacial score (nSPS) is 14.5. The molecule has 9 heteroatoms. The molecule has 0 atom stereocenters. The van der Waals surface area contributed by atoms with Crippen LogP contribution in [0.5, 0.6) is 5.88 Å². The van der Waals surface area contributed by atoms with Gasteiger partial charge in [0.1, 0.15) is 6.61 Å². The lowest BCUT2D eigenvalue weighted by atomic mass is 10.1. The average molecular weight is 467 g/mol. The number of ether oxygens (including phenoxy) is 1. The van der Waals surface area contributed by atoms with Gasteiger partial charge in [0, 0.05) is 30.3 Å². The molecule has 1 amide bonds. The van der Waals surface area contributed by atoms with Gasteiger partial charge in [-0.25, -0.2) is 8.42 Å². The second kappa shape index (κ2) is 10.5. The van der Waals surface area contributed by atoms with Crippen molar-refractivity contribution in [1.82, 2.24) is 19.8 Å². The van der Waals surface area contributed by atoms with Gasteiger partial charge >= 0.3 is 0 Å². The number of carbonyl (C=O) groups is 1. The first-order valence-corrected chi connectivity index (χ1v) is 12.4. The minimum absolute atomic E-state index is 0.210. The number of amides is 1. The van der Waals surface area contributed by atoms with Crippen molar-refractivity contribution in [3.05, 3.63) is 72.3 Å². The van der Waals surface area contributed by atoms with Crippen molar-refractivity contribution >= 4 is 15.9 Å². The number of carbonyl (C=O) groups excluding carboxylic acids is 1. The van der Waals surface area contributed by atoms with Gasteiger partial charge in [-0.1, -0.05) is 36.8 Å². The monoisotopic (exact) mass is 466 g/mol. The number of rotatable bonds is 8. The highest BCUT2D eigenvalue weighted by Crippen LogP contribution is 2.21. The van der Waals surface area contributed by atoms with Crippen molar-refractivity contribution in [2.24, 2.45) is 0 Å². The zero-order chi connectivity index (χ0) is 23.1. The molecule has 8 nitrogen and oxygen atoms in total. The molecule has 0 bridgehead atoms. The van der Waals surface area contributed by atoms with Crippen LogP contribution in [0.15, 0.2) is 71.6 Å². The number of benzene rings is 2. The lowest BCUT2D eigenvalue weighted by Gasteiger charge is -2.25. The average Bonchev–Trinajstić information content (AvgIpc) is 2.88. The number of piperidine rings is 1. The van der Waals surface area contributed by atoms with Gasteiger partial charge in [0.25, 0.3) is 5.91 Å². The smallest absolute Gasteiger partial charge is 0.251 e. The predicted octanol–water partition coefficient (Wildman–Crippen LogP) is 3.13. The van der Waals surface area contributed by atoms with Crippen molar-refractivity contribution in [1.29, 1.82) is 0 Å². The molecule has 0 aliphatic carbocycles. The van der Waals surface area contributed by atoms with Crippen LogP contribution in [0.3, 0.4) is 0 Å². The summed E-state index contributed by atoms with van der Waals surface area (Å²) in [5.41, 5.74) is 2.11. The maximum atomic E-state index is 12.7. The molecule has 1 N–H and O–H groups in total. The zero-order valence-electron chi connectivity index (χ0n) is 18.2. The van der Waals surface area contributed by atoms with Crippen LogP contribution < -0.4 is 10.1 Å². The minimum atomic E-state index is -3.51. The summed E-state index contributed by atoms with van der Waals surface area (Å²) in [6.45, 7) is 1.59. The van der Waals surface area contributed by atoms with E-state index in [1.807, 2.05) is 36.4 Å². The van der Waals surface area contributed by atoms with Gasteiger partial charge in [0.15, 0.2) is 0 Å². The molecule has 33 heavy (non-hydrogen) atoms. The Hall–Kier alpha value is -3.30. The largest absolute Gasteiger partial charge is 0.475 e. The maximum absolute atomic E-state index is 12.7. The molecule has 0 radical (unpaired) electrons. The van der Waals surface area contributed by atoms with Crippen LogP contribution in [0, 0.1) is 0 Å². The molecule has 1 aromatic heterocycles. The van der Waals surface area contributed by atoms with Crippen molar-refractivity contribution in [2.75, 3.05) is 26.2 Å². The fourth-order valence-corrected chi connectivity index (χ4v) is 5.13. The molecular weight excluding hydrogens is 440 g/mol.